The number of carbonyl (C=O) groups excluding carboxylic acids is 2. The maximum absolute atomic E-state index is 11.7. The smallest absolute Gasteiger partial charge is 0.317 e. The van der Waals surface area contributed by atoms with Gasteiger partial charge in [0.05, 0.1) is 13.2 Å². The summed E-state index contributed by atoms with van der Waals surface area (Å²) in [6.45, 7) is 8.20. The van der Waals surface area contributed by atoms with Crippen LogP contribution in [0.25, 0.3) is 0 Å². The highest BCUT2D eigenvalue weighted by atomic mass is 16.6. The number of rotatable bonds is 6. The van der Waals surface area contributed by atoms with Gasteiger partial charge in [-0.3, -0.25) is 9.59 Å². The first-order valence-corrected chi connectivity index (χ1v) is 6.37. The molecule has 6 nitrogen and oxygen atoms in total. The first kappa shape index (κ1) is 14.3. The van der Waals surface area contributed by atoms with Crippen molar-refractivity contribution in [1.82, 2.24) is 0 Å². The predicted octanol–water partition coefficient (Wildman–Crippen LogP) is 0.818. The molecule has 0 spiro atoms. The minimum Gasteiger partial charge on any atom is -0.456 e. The highest BCUT2D eigenvalue weighted by Gasteiger charge is 2.44. The van der Waals surface area contributed by atoms with Crippen LogP contribution in [0.1, 0.15) is 34.1 Å². The molecule has 2 heterocycles. The largest absolute Gasteiger partial charge is 0.456 e. The molecule has 2 rings (SSSR count). The predicted molar refractivity (Wildman–Crippen MR) is 64.4 cm³/mol. The van der Waals surface area contributed by atoms with E-state index in [0.717, 1.165) is 0 Å². The van der Waals surface area contributed by atoms with Crippen LogP contribution in [0.3, 0.4) is 0 Å². The molecule has 0 radical (unpaired) electrons. The van der Waals surface area contributed by atoms with Crippen molar-refractivity contribution in [3.05, 3.63) is 0 Å². The Morgan fingerprint density at radius 2 is 1.26 bits per heavy atom. The van der Waals surface area contributed by atoms with E-state index in [1.165, 1.54) is 0 Å². The van der Waals surface area contributed by atoms with E-state index in [-0.39, 0.29) is 12.2 Å². The van der Waals surface area contributed by atoms with Crippen molar-refractivity contribution in [2.45, 2.75) is 57.5 Å². The molecule has 0 N–H and O–H groups in total. The molecule has 2 unspecified atom stereocenters. The summed E-state index contributed by atoms with van der Waals surface area (Å²) in [6.07, 6.45) is -0.556. The molecule has 0 aromatic carbocycles. The van der Waals surface area contributed by atoms with Crippen molar-refractivity contribution in [2.24, 2.45) is 0 Å². The van der Waals surface area contributed by atoms with Gasteiger partial charge in [0.2, 0.25) is 0 Å². The SMILES string of the molecule is CC(C)(OC(=O)CC(=O)OC(C)(C)C1CO1)C1CO1. The summed E-state index contributed by atoms with van der Waals surface area (Å²) < 4.78 is 20.6. The van der Waals surface area contributed by atoms with Crippen molar-refractivity contribution in [3.63, 3.8) is 0 Å². The fraction of sp³-hybridized carbons (Fsp3) is 0.846. The van der Waals surface area contributed by atoms with Crippen LogP contribution in [0.5, 0.6) is 0 Å². The molecule has 0 bridgehead atoms. The molecular formula is C13H20O6. The molecule has 0 aromatic rings. The first-order valence-electron chi connectivity index (χ1n) is 6.37. The van der Waals surface area contributed by atoms with Crippen LogP contribution in [0.2, 0.25) is 0 Å². The van der Waals surface area contributed by atoms with E-state index in [2.05, 4.69) is 0 Å². The number of ether oxygens (including phenoxy) is 4. The van der Waals surface area contributed by atoms with Crippen molar-refractivity contribution in [2.75, 3.05) is 13.2 Å². The second kappa shape index (κ2) is 4.76. The summed E-state index contributed by atoms with van der Waals surface area (Å²) >= 11 is 0. The van der Waals surface area contributed by atoms with E-state index >= 15 is 0 Å². The molecule has 0 amide bonds. The van der Waals surface area contributed by atoms with E-state index in [4.69, 9.17) is 18.9 Å². The van der Waals surface area contributed by atoms with Crippen molar-refractivity contribution >= 4 is 11.9 Å². The summed E-state index contributed by atoms with van der Waals surface area (Å²) in [6, 6.07) is 0. The van der Waals surface area contributed by atoms with Gasteiger partial charge in [-0.2, -0.15) is 0 Å². The summed E-state index contributed by atoms with van der Waals surface area (Å²) in [5, 5.41) is 0. The molecule has 108 valence electrons. The topological polar surface area (TPSA) is 77.7 Å². The lowest BCUT2D eigenvalue weighted by molar-refractivity contribution is -0.170. The second-order valence-corrected chi connectivity index (χ2v) is 5.98. The minimum atomic E-state index is -0.702. The van der Waals surface area contributed by atoms with Gasteiger partial charge in [-0.05, 0) is 27.7 Å². The Hall–Kier alpha value is -1.14. The van der Waals surface area contributed by atoms with Crippen LogP contribution in [-0.4, -0.2) is 48.6 Å². The molecule has 19 heavy (non-hydrogen) atoms. The van der Waals surface area contributed by atoms with Gasteiger partial charge in [-0.1, -0.05) is 0 Å². The van der Waals surface area contributed by atoms with Gasteiger partial charge in [0.15, 0.2) is 0 Å². The van der Waals surface area contributed by atoms with Gasteiger partial charge in [-0.15, -0.1) is 0 Å². The number of hydrogen-bond acceptors (Lipinski definition) is 6. The molecular weight excluding hydrogens is 252 g/mol. The Kier molecular flexibility index (Phi) is 3.57. The molecule has 2 aliphatic heterocycles. The molecule has 2 aliphatic rings. The van der Waals surface area contributed by atoms with Crippen LogP contribution in [0.4, 0.5) is 0 Å². The number of carbonyl (C=O) groups is 2. The Morgan fingerprint density at radius 1 is 0.947 bits per heavy atom. The lowest BCUT2D eigenvalue weighted by atomic mass is 10.1. The monoisotopic (exact) mass is 272 g/mol. The van der Waals surface area contributed by atoms with E-state index in [0.29, 0.717) is 13.2 Å². The third-order valence-corrected chi connectivity index (χ3v) is 3.26. The van der Waals surface area contributed by atoms with Gasteiger partial charge < -0.3 is 18.9 Å². The number of hydrogen-bond donors (Lipinski definition) is 0. The standard InChI is InChI=1S/C13H20O6/c1-12(2,8-6-16-8)18-10(14)5-11(15)19-13(3,4)9-7-17-9/h8-9H,5-7H2,1-4H3. The van der Waals surface area contributed by atoms with Crippen LogP contribution in [-0.2, 0) is 28.5 Å². The quantitative estimate of drug-likeness (QED) is 0.404. The normalized spacial score (nSPS) is 25.7. The van der Waals surface area contributed by atoms with Crippen LogP contribution < -0.4 is 0 Å². The van der Waals surface area contributed by atoms with Crippen molar-refractivity contribution in [3.8, 4) is 0 Å². The fourth-order valence-corrected chi connectivity index (χ4v) is 1.81. The molecule has 0 saturated carbocycles. The maximum Gasteiger partial charge on any atom is 0.317 e. The molecule has 0 aromatic heterocycles. The second-order valence-electron chi connectivity index (χ2n) is 5.98. The highest BCUT2D eigenvalue weighted by molar-refractivity contribution is 5.91. The molecule has 0 aliphatic carbocycles. The summed E-state index contributed by atoms with van der Waals surface area (Å²) in [7, 11) is 0. The molecule has 2 fully saturated rings. The minimum absolute atomic E-state index is 0.0798. The third-order valence-electron chi connectivity index (χ3n) is 3.26. The average molecular weight is 272 g/mol. The maximum atomic E-state index is 11.7. The summed E-state index contributed by atoms with van der Waals surface area (Å²) in [5.74, 6) is -1.20. The van der Waals surface area contributed by atoms with Gasteiger partial charge in [0.25, 0.3) is 0 Å². The molecule has 6 heteroatoms. The zero-order chi connectivity index (χ0) is 14.3. The first-order chi connectivity index (χ1) is 8.71. The fourth-order valence-electron chi connectivity index (χ4n) is 1.81. The zero-order valence-corrected chi connectivity index (χ0v) is 11.7. The van der Waals surface area contributed by atoms with E-state index in [1.54, 1.807) is 27.7 Å². The van der Waals surface area contributed by atoms with Crippen molar-refractivity contribution in [1.29, 1.82) is 0 Å². The van der Waals surface area contributed by atoms with Crippen molar-refractivity contribution < 1.29 is 28.5 Å². The Bertz CT molecular complexity index is 343. The summed E-state index contributed by atoms with van der Waals surface area (Å²) in [4.78, 5) is 23.3. The Labute approximate surface area is 112 Å². The van der Waals surface area contributed by atoms with E-state index in [9.17, 15) is 9.59 Å². The summed E-state index contributed by atoms with van der Waals surface area (Å²) in [5.41, 5.74) is -1.40. The number of epoxide rings is 2. The number of esters is 2. The van der Waals surface area contributed by atoms with Gasteiger partial charge in [0.1, 0.15) is 29.8 Å². The van der Waals surface area contributed by atoms with Crippen LogP contribution in [0, 0.1) is 0 Å². The van der Waals surface area contributed by atoms with Crippen LogP contribution >= 0.6 is 0 Å². The van der Waals surface area contributed by atoms with Gasteiger partial charge >= 0.3 is 11.9 Å². The van der Waals surface area contributed by atoms with Gasteiger partial charge in [-0.25, -0.2) is 0 Å². The van der Waals surface area contributed by atoms with Crippen LogP contribution in [0.15, 0.2) is 0 Å². The lowest BCUT2D eigenvalue weighted by Crippen LogP contribution is -2.37. The lowest BCUT2D eigenvalue weighted by Gasteiger charge is -2.25. The molecule has 2 atom stereocenters. The van der Waals surface area contributed by atoms with Gasteiger partial charge in [0, 0.05) is 0 Å². The zero-order valence-electron chi connectivity index (χ0n) is 11.7. The van der Waals surface area contributed by atoms with E-state index < -0.39 is 29.6 Å². The average Bonchev–Trinajstić information content (AvgIpc) is 3.09. The molecule has 2 saturated heterocycles. The third kappa shape index (κ3) is 3.91. The Morgan fingerprint density at radius 3 is 1.53 bits per heavy atom. The Balaban J connectivity index is 1.76. The van der Waals surface area contributed by atoms with E-state index in [1.807, 2.05) is 0 Å². The highest BCUT2D eigenvalue weighted by Crippen LogP contribution is 2.29.